The molecule has 0 aliphatic carbocycles. The lowest BCUT2D eigenvalue weighted by atomic mass is 10.1. The van der Waals surface area contributed by atoms with Gasteiger partial charge in [0.05, 0.1) is 0 Å². The Morgan fingerprint density at radius 1 is 1.31 bits per heavy atom. The van der Waals surface area contributed by atoms with Crippen LogP contribution in [0.15, 0.2) is 0 Å². The molecule has 1 aliphatic rings. The zero-order valence-electron chi connectivity index (χ0n) is 11.1. The van der Waals surface area contributed by atoms with Crippen molar-refractivity contribution in [1.29, 1.82) is 0 Å². The van der Waals surface area contributed by atoms with Crippen molar-refractivity contribution < 1.29 is 0 Å². The molecule has 0 amide bonds. The Balaban J connectivity index is 2.02. The first-order valence-corrected chi connectivity index (χ1v) is 6.83. The molecule has 2 N–H and O–H groups in total. The van der Waals surface area contributed by atoms with Crippen LogP contribution in [0.4, 0.5) is 0 Å². The number of hydrogen-bond donors (Lipinski definition) is 1. The first kappa shape index (κ1) is 13.9. The van der Waals surface area contributed by atoms with Crippen LogP contribution in [0, 0.1) is 5.92 Å². The van der Waals surface area contributed by atoms with Crippen molar-refractivity contribution in [2.24, 2.45) is 11.7 Å². The van der Waals surface area contributed by atoms with Gasteiger partial charge in [0.1, 0.15) is 0 Å². The summed E-state index contributed by atoms with van der Waals surface area (Å²) in [5.41, 5.74) is 5.53. The van der Waals surface area contributed by atoms with Crippen LogP contribution < -0.4 is 5.73 Å². The summed E-state index contributed by atoms with van der Waals surface area (Å²) in [6.45, 7) is 9.48. The van der Waals surface area contributed by atoms with E-state index < -0.39 is 0 Å². The van der Waals surface area contributed by atoms with Crippen molar-refractivity contribution in [2.45, 2.75) is 32.6 Å². The maximum Gasteiger partial charge on any atom is 0.0109 e. The third kappa shape index (κ3) is 5.83. The molecule has 1 rings (SSSR count). The lowest BCUT2D eigenvalue weighted by molar-refractivity contribution is 0.231. The highest BCUT2D eigenvalue weighted by Gasteiger charge is 2.12. The highest BCUT2D eigenvalue weighted by atomic mass is 15.2. The highest BCUT2D eigenvalue weighted by molar-refractivity contribution is 4.68. The second-order valence-corrected chi connectivity index (χ2v) is 5.35. The Hall–Kier alpha value is -0.120. The van der Waals surface area contributed by atoms with Gasteiger partial charge in [0, 0.05) is 19.6 Å². The molecule has 3 nitrogen and oxygen atoms in total. The fourth-order valence-electron chi connectivity index (χ4n) is 2.50. The van der Waals surface area contributed by atoms with Crippen LogP contribution in [-0.2, 0) is 0 Å². The Morgan fingerprint density at radius 2 is 2.00 bits per heavy atom. The van der Waals surface area contributed by atoms with Gasteiger partial charge >= 0.3 is 0 Å². The molecule has 96 valence electrons. The van der Waals surface area contributed by atoms with Gasteiger partial charge in [-0.3, -0.25) is 0 Å². The van der Waals surface area contributed by atoms with Gasteiger partial charge in [-0.25, -0.2) is 0 Å². The normalized spacial score (nSPS) is 19.5. The summed E-state index contributed by atoms with van der Waals surface area (Å²) in [6.07, 6.45) is 5.24. The molecular formula is C13H29N3. The SMILES string of the molecule is CC(CCCN)CN(C)CCN1CCCC1. The van der Waals surface area contributed by atoms with Crippen LogP contribution in [0.1, 0.15) is 32.6 Å². The van der Waals surface area contributed by atoms with Crippen molar-refractivity contribution >= 4 is 0 Å². The molecular weight excluding hydrogens is 198 g/mol. The van der Waals surface area contributed by atoms with E-state index in [1.54, 1.807) is 0 Å². The van der Waals surface area contributed by atoms with E-state index in [0.717, 1.165) is 12.5 Å². The molecule has 1 aliphatic heterocycles. The van der Waals surface area contributed by atoms with Gasteiger partial charge in [0.2, 0.25) is 0 Å². The molecule has 0 aromatic heterocycles. The molecule has 3 heteroatoms. The van der Waals surface area contributed by atoms with Crippen molar-refractivity contribution in [2.75, 3.05) is 46.3 Å². The predicted molar refractivity (Wildman–Crippen MR) is 70.6 cm³/mol. The molecule has 0 bridgehead atoms. The van der Waals surface area contributed by atoms with Gasteiger partial charge < -0.3 is 15.5 Å². The van der Waals surface area contributed by atoms with Crippen molar-refractivity contribution in [3.05, 3.63) is 0 Å². The van der Waals surface area contributed by atoms with Crippen molar-refractivity contribution in [1.82, 2.24) is 9.80 Å². The minimum absolute atomic E-state index is 0.784. The monoisotopic (exact) mass is 227 g/mol. The Morgan fingerprint density at radius 3 is 2.62 bits per heavy atom. The Bertz CT molecular complexity index is 167. The average molecular weight is 227 g/mol. The number of rotatable bonds is 8. The second-order valence-electron chi connectivity index (χ2n) is 5.35. The van der Waals surface area contributed by atoms with Gasteiger partial charge in [-0.2, -0.15) is 0 Å². The minimum atomic E-state index is 0.784. The fraction of sp³-hybridized carbons (Fsp3) is 1.00. The molecule has 1 saturated heterocycles. The van der Waals surface area contributed by atoms with Gasteiger partial charge in [-0.1, -0.05) is 6.92 Å². The number of hydrogen-bond acceptors (Lipinski definition) is 3. The highest BCUT2D eigenvalue weighted by Crippen LogP contribution is 2.08. The van der Waals surface area contributed by atoms with Crippen LogP contribution in [-0.4, -0.2) is 56.1 Å². The summed E-state index contributed by atoms with van der Waals surface area (Å²) >= 11 is 0. The Kier molecular flexibility index (Phi) is 7.01. The second kappa shape index (κ2) is 8.04. The molecule has 1 heterocycles. The lowest BCUT2D eigenvalue weighted by Gasteiger charge is -2.24. The van der Waals surface area contributed by atoms with Crippen molar-refractivity contribution in [3.8, 4) is 0 Å². The van der Waals surface area contributed by atoms with Crippen LogP contribution >= 0.6 is 0 Å². The quantitative estimate of drug-likeness (QED) is 0.680. The summed E-state index contributed by atoms with van der Waals surface area (Å²) < 4.78 is 0. The fourth-order valence-corrected chi connectivity index (χ4v) is 2.50. The van der Waals surface area contributed by atoms with Crippen LogP contribution in [0.3, 0.4) is 0 Å². The summed E-state index contributed by atoms with van der Waals surface area (Å²) in [7, 11) is 2.25. The third-order valence-corrected chi connectivity index (χ3v) is 3.52. The Labute approximate surface area is 101 Å². The first-order valence-electron chi connectivity index (χ1n) is 6.83. The molecule has 0 saturated carbocycles. The number of nitrogens with zero attached hydrogens (tertiary/aromatic N) is 2. The standard InChI is InChI=1S/C13H29N3/c1-13(6-5-7-14)12-15(2)10-11-16-8-3-4-9-16/h13H,3-12,14H2,1-2H3. The minimum Gasteiger partial charge on any atom is -0.330 e. The van der Waals surface area contributed by atoms with E-state index in [1.165, 1.54) is 58.4 Å². The number of likely N-dealkylation sites (tertiary alicyclic amines) is 1. The molecule has 1 fully saturated rings. The summed E-state index contributed by atoms with van der Waals surface area (Å²) in [6, 6.07) is 0. The molecule has 16 heavy (non-hydrogen) atoms. The van der Waals surface area contributed by atoms with E-state index >= 15 is 0 Å². The zero-order valence-corrected chi connectivity index (χ0v) is 11.1. The predicted octanol–water partition coefficient (Wildman–Crippen LogP) is 1.39. The lowest BCUT2D eigenvalue weighted by Crippen LogP contribution is -2.33. The molecule has 1 unspecified atom stereocenters. The first-order chi connectivity index (χ1) is 7.72. The zero-order chi connectivity index (χ0) is 11.8. The van der Waals surface area contributed by atoms with E-state index in [1.807, 2.05) is 0 Å². The van der Waals surface area contributed by atoms with E-state index in [2.05, 4.69) is 23.8 Å². The summed E-state index contributed by atoms with van der Waals surface area (Å²) in [4.78, 5) is 5.06. The molecule has 0 aromatic rings. The van der Waals surface area contributed by atoms with Crippen molar-refractivity contribution in [3.63, 3.8) is 0 Å². The topological polar surface area (TPSA) is 32.5 Å². The maximum absolute atomic E-state index is 5.53. The van der Waals surface area contributed by atoms with E-state index in [9.17, 15) is 0 Å². The smallest absolute Gasteiger partial charge is 0.0109 e. The van der Waals surface area contributed by atoms with Gasteiger partial charge in [0.15, 0.2) is 0 Å². The third-order valence-electron chi connectivity index (χ3n) is 3.52. The van der Waals surface area contributed by atoms with Gasteiger partial charge in [-0.15, -0.1) is 0 Å². The van der Waals surface area contributed by atoms with Crippen LogP contribution in [0.2, 0.25) is 0 Å². The number of likely N-dealkylation sites (N-methyl/N-ethyl adjacent to an activating group) is 1. The molecule has 0 radical (unpaired) electrons. The number of nitrogens with two attached hydrogens (primary N) is 1. The molecule has 1 atom stereocenters. The van der Waals surface area contributed by atoms with E-state index in [0.29, 0.717) is 0 Å². The maximum atomic E-state index is 5.53. The molecule has 0 spiro atoms. The van der Waals surface area contributed by atoms with Crippen LogP contribution in [0.25, 0.3) is 0 Å². The summed E-state index contributed by atoms with van der Waals surface area (Å²) in [5, 5.41) is 0. The van der Waals surface area contributed by atoms with Crippen LogP contribution in [0.5, 0.6) is 0 Å². The average Bonchev–Trinajstić information content (AvgIpc) is 2.76. The van der Waals surface area contributed by atoms with Gasteiger partial charge in [0.25, 0.3) is 0 Å². The van der Waals surface area contributed by atoms with E-state index in [-0.39, 0.29) is 0 Å². The van der Waals surface area contributed by atoms with E-state index in [4.69, 9.17) is 5.73 Å². The summed E-state index contributed by atoms with van der Waals surface area (Å²) in [5.74, 6) is 0.784. The molecule has 0 aromatic carbocycles. The largest absolute Gasteiger partial charge is 0.330 e. The van der Waals surface area contributed by atoms with Gasteiger partial charge in [-0.05, 0) is 58.3 Å².